The van der Waals surface area contributed by atoms with Crippen molar-refractivity contribution in [3.8, 4) is 17.1 Å². The number of nitrogens with one attached hydrogen (secondary N) is 1. The molecule has 1 aromatic carbocycles. The predicted molar refractivity (Wildman–Crippen MR) is 73.1 cm³/mol. The minimum absolute atomic E-state index is 0.0606. The second kappa shape index (κ2) is 6.18. The molecule has 2 rings (SSSR count). The van der Waals surface area contributed by atoms with Crippen LogP contribution in [0.15, 0.2) is 28.8 Å². The maximum Gasteiger partial charge on any atom is 0.249 e. The molecule has 0 saturated carbocycles. The Balaban J connectivity index is 2.22. The monoisotopic (exact) mass is 275 g/mol. The highest BCUT2D eigenvalue weighted by molar-refractivity contribution is 5.75. The second-order valence-corrected chi connectivity index (χ2v) is 4.30. The zero-order valence-electron chi connectivity index (χ0n) is 11.7. The normalized spacial score (nSPS) is 11.9. The number of amides is 1. The van der Waals surface area contributed by atoms with Gasteiger partial charge in [-0.2, -0.15) is 4.98 Å². The average Bonchev–Trinajstić information content (AvgIpc) is 2.96. The molecule has 1 heterocycles. The van der Waals surface area contributed by atoms with Gasteiger partial charge in [-0.25, -0.2) is 0 Å². The van der Waals surface area contributed by atoms with Crippen LogP contribution in [0.2, 0.25) is 0 Å². The van der Waals surface area contributed by atoms with Crippen molar-refractivity contribution < 1.29 is 14.1 Å². The van der Waals surface area contributed by atoms with E-state index >= 15 is 0 Å². The molecule has 1 N–H and O–H groups in total. The Morgan fingerprint density at radius 3 is 2.90 bits per heavy atom. The maximum atomic E-state index is 11.4. The minimum atomic E-state index is -0.321. The van der Waals surface area contributed by atoms with E-state index in [4.69, 9.17) is 9.26 Å². The first-order valence-corrected chi connectivity index (χ1v) is 6.42. The Bertz CT molecular complexity index is 595. The largest absolute Gasteiger partial charge is 0.496 e. The van der Waals surface area contributed by atoms with Crippen molar-refractivity contribution in [2.75, 3.05) is 7.11 Å². The summed E-state index contributed by atoms with van der Waals surface area (Å²) in [7, 11) is 1.59. The topological polar surface area (TPSA) is 77.2 Å². The predicted octanol–water partition coefficient (Wildman–Crippen LogP) is 2.33. The number of para-hydroxylation sites is 1. The van der Waals surface area contributed by atoms with Gasteiger partial charge in [-0.1, -0.05) is 24.2 Å². The van der Waals surface area contributed by atoms with Crippen molar-refractivity contribution >= 4 is 5.91 Å². The summed E-state index contributed by atoms with van der Waals surface area (Å²) < 4.78 is 10.5. The van der Waals surface area contributed by atoms with Crippen molar-refractivity contribution in [2.45, 2.75) is 26.3 Å². The highest BCUT2D eigenvalue weighted by atomic mass is 16.5. The van der Waals surface area contributed by atoms with Gasteiger partial charge >= 0.3 is 0 Å². The highest BCUT2D eigenvalue weighted by Crippen LogP contribution is 2.27. The molecule has 0 aliphatic carbocycles. The lowest BCUT2D eigenvalue weighted by atomic mass is 10.2. The molecule has 0 aliphatic rings. The van der Waals surface area contributed by atoms with Gasteiger partial charge < -0.3 is 14.6 Å². The Morgan fingerprint density at radius 1 is 1.45 bits per heavy atom. The fourth-order valence-electron chi connectivity index (χ4n) is 1.76. The van der Waals surface area contributed by atoms with Gasteiger partial charge in [-0.05, 0) is 19.1 Å². The molecule has 0 radical (unpaired) electrons. The summed E-state index contributed by atoms with van der Waals surface area (Å²) in [5, 5.41) is 6.70. The maximum absolute atomic E-state index is 11.4. The molecule has 1 aromatic heterocycles. The fourth-order valence-corrected chi connectivity index (χ4v) is 1.76. The van der Waals surface area contributed by atoms with Crippen molar-refractivity contribution in [3.05, 3.63) is 30.2 Å². The van der Waals surface area contributed by atoms with Crippen LogP contribution in [-0.4, -0.2) is 23.2 Å². The third-order valence-electron chi connectivity index (χ3n) is 2.86. The molecule has 6 heteroatoms. The molecule has 106 valence electrons. The molecule has 1 atom stereocenters. The number of carbonyl (C=O) groups is 1. The van der Waals surface area contributed by atoms with E-state index < -0.39 is 0 Å². The highest BCUT2D eigenvalue weighted by Gasteiger charge is 2.18. The van der Waals surface area contributed by atoms with Crippen molar-refractivity contribution in [2.24, 2.45) is 0 Å². The number of hydrogen-bond acceptors (Lipinski definition) is 5. The van der Waals surface area contributed by atoms with Crippen molar-refractivity contribution in [3.63, 3.8) is 0 Å². The van der Waals surface area contributed by atoms with Crippen molar-refractivity contribution in [1.82, 2.24) is 15.5 Å². The van der Waals surface area contributed by atoms with Gasteiger partial charge in [-0.15, -0.1) is 0 Å². The van der Waals surface area contributed by atoms with Crippen LogP contribution in [0.5, 0.6) is 5.75 Å². The smallest absolute Gasteiger partial charge is 0.249 e. The van der Waals surface area contributed by atoms with Crippen LogP contribution in [0.3, 0.4) is 0 Å². The standard InChI is InChI=1S/C14H17N3O3/c1-4-12(18)15-9(2)14-16-13(17-20-14)10-7-5-6-8-11(10)19-3/h5-9H,4H2,1-3H3,(H,15,18)/t9-/m1/s1. The van der Waals surface area contributed by atoms with Gasteiger partial charge in [0.25, 0.3) is 0 Å². The van der Waals surface area contributed by atoms with Gasteiger partial charge in [0.15, 0.2) is 0 Å². The van der Waals surface area contributed by atoms with E-state index in [-0.39, 0.29) is 11.9 Å². The van der Waals surface area contributed by atoms with Gasteiger partial charge in [0, 0.05) is 6.42 Å². The van der Waals surface area contributed by atoms with Gasteiger partial charge in [0.2, 0.25) is 17.6 Å². The quantitative estimate of drug-likeness (QED) is 0.906. The van der Waals surface area contributed by atoms with Gasteiger partial charge in [0.05, 0.1) is 12.7 Å². The van der Waals surface area contributed by atoms with E-state index in [1.54, 1.807) is 21.0 Å². The summed E-state index contributed by atoms with van der Waals surface area (Å²) in [5.74, 6) is 1.42. The average molecular weight is 275 g/mol. The summed E-state index contributed by atoms with van der Waals surface area (Å²) >= 11 is 0. The summed E-state index contributed by atoms with van der Waals surface area (Å²) in [4.78, 5) is 15.7. The summed E-state index contributed by atoms with van der Waals surface area (Å²) in [6.45, 7) is 3.59. The fraction of sp³-hybridized carbons (Fsp3) is 0.357. The van der Waals surface area contributed by atoms with E-state index in [1.165, 1.54) is 0 Å². The van der Waals surface area contributed by atoms with Crippen LogP contribution in [0, 0.1) is 0 Å². The molecule has 0 saturated heterocycles. The number of ether oxygens (including phenoxy) is 1. The van der Waals surface area contributed by atoms with E-state index in [1.807, 2.05) is 24.3 Å². The Morgan fingerprint density at radius 2 is 2.20 bits per heavy atom. The first-order chi connectivity index (χ1) is 9.65. The van der Waals surface area contributed by atoms with Gasteiger partial charge in [-0.3, -0.25) is 4.79 Å². The molecule has 0 unspecified atom stereocenters. The SMILES string of the molecule is CCC(=O)N[C@H](C)c1nc(-c2ccccc2OC)no1. The van der Waals surface area contributed by atoms with Crippen LogP contribution in [0.1, 0.15) is 32.2 Å². The molecule has 6 nitrogen and oxygen atoms in total. The Kier molecular flexibility index (Phi) is 4.34. The number of nitrogens with zero attached hydrogens (tertiary/aromatic N) is 2. The Hall–Kier alpha value is -2.37. The molecular formula is C14H17N3O3. The molecular weight excluding hydrogens is 258 g/mol. The lowest BCUT2D eigenvalue weighted by molar-refractivity contribution is -0.121. The number of aromatic nitrogens is 2. The minimum Gasteiger partial charge on any atom is -0.496 e. The van der Waals surface area contributed by atoms with Crippen LogP contribution in [0.25, 0.3) is 11.4 Å². The summed E-state index contributed by atoms with van der Waals surface area (Å²) in [6, 6.07) is 7.10. The third-order valence-corrected chi connectivity index (χ3v) is 2.86. The lowest BCUT2D eigenvalue weighted by Crippen LogP contribution is -2.25. The van der Waals surface area contributed by atoms with Crippen LogP contribution in [0.4, 0.5) is 0 Å². The number of benzene rings is 1. The molecule has 0 fully saturated rings. The molecule has 0 spiro atoms. The first-order valence-electron chi connectivity index (χ1n) is 6.42. The van der Waals surface area contributed by atoms with E-state index in [0.717, 1.165) is 5.56 Å². The molecule has 20 heavy (non-hydrogen) atoms. The van der Waals surface area contributed by atoms with E-state index in [9.17, 15) is 4.79 Å². The van der Waals surface area contributed by atoms with Crippen LogP contribution >= 0.6 is 0 Å². The third kappa shape index (κ3) is 2.96. The van der Waals surface area contributed by atoms with Gasteiger partial charge in [0.1, 0.15) is 11.8 Å². The Labute approximate surface area is 117 Å². The molecule has 1 amide bonds. The summed E-state index contributed by atoms with van der Waals surface area (Å²) in [5.41, 5.74) is 0.749. The molecule has 2 aromatic rings. The molecule has 0 aliphatic heterocycles. The van der Waals surface area contributed by atoms with Crippen LogP contribution < -0.4 is 10.1 Å². The zero-order chi connectivity index (χ0) is 14.5. The van der Waals surface area contributed by atoms with E-state index in [0.29, 0.717) is 23.9 Å². The number of carbonyl (C=O) groups excluding carboxylic acids is 1. The van der Waals surface area contributed by atoms with E-state index in [2.05, 4.69) is 15.5 Å². The summed E-state index contributed by atoms with van der Waals surface area (Å²) in [6.07, 6.45) is 0.415. The number of rotatable bonds is 5. The number of hydrogen-bond donors (Lipinski definition) is 1. The first kappa shape index (κ1) is 14.0. The molecule has 0 bridgehead atoms. The van der Waals surface area contributed by atoms with Crippen LogP contribution in [-0.2, 0) is 4.79 Å². The van der Waals surface area contributed by atoms with Crippen molar-refractivity contribution in [1.29, 1.82) is 0 Å². The zero-order valence-corrected chi connectivity index (χ0v) is 11.7. The lowest BCUT2D eigenvalue weighted by Gasteiger charge is -2.07. The second-order valence-electron chi connectivity index (χ2n) is 4.30. The number of methoxy groups -OCH3 is 1.